The minimum atomic E-state index is -4.54. The quantitative estimate of drug-likeness (QED) is 0.729. The molecule has 0 spiro atoms. The van der Waals surface area contributed by atoms with Gasteiger partial charge in [-0.05, 0) is 12.1 Å². The number of halogens is 4. The third-order valence-corrected chi connectivity index (χ3v) is 3.87. The number of nitrogens with zero attached hydrogens (tertiary/aromatic N) is 4. The zero-order valence-corrected chi connectivity index (χ0v) is 13.9. The molecule has 136 valence electrons. The van der Waals surface area contributed by atoms with Gasteiger partial charge in [-0.2, -0.15) is 13.2 Å². The van der Waals surface area contributed by atoms with Crippen molar-refractivity contribution < 1.29 is 23.0 Å². The van der Waals surface area contributed by atoms with E-state index in [1.165, 1.54) is 41.6 Å². The fourth-order valence-electron chi connectivity index (χ4n) is 2.25. The smallest absolute Gasteiger partial charge is 0.416 e. The Morgan fingerprint density at radius 1 is 1.15 bits per heavy atom. The van der Waals surface area contributed by atoms with E-state index >= 15 is 0 Å². The SMILES string of the molecule is OCc1cncn1-c1ncc(OCc2c(Cl)cccc2C(F)(F)F)cn1. The van der Waals surface area contributed by atoms with Crippen LogP contribution >= 0.6 is 11.6 Å². The highest BCUT2D eigenvalue weighted by molar-refractivity contribution is 6.31. The number of ether oxygens (including phenoxy) is 1. The number of rotatable bonds is 5. The highest BCUT2D eigenvalue weighted by Gasteiger charge is 2.34. The molecule has 3 aromatic rings. The molecule has 1 aromatic carbocycles. The maximum absolute atomic E-state index is 13.1. The van der Waals surface area contributed by atoms with Gasteiger partial charge in [-0.25, -0.2) is 15.0 Å². The topological polar surface area (TPSA) is 73.1 Å². The van der Waals surface area contributed by atoms with Crippen LogP contribution < -0.4 is 4.74 Å². The largest absolute Gasteiger partial charge is 0.486 e. The lowest BCUT2D eigenvalue weighted by atomic mass is 10.1. The molecule has 0 bridgehead atoms. The van der Waals surface area contributed by atoms with Crippen molar-refractivity contribution in [3.05, 3.63) is 65.0 Å². The molecule has 2 aromatic heterocycles. The average Bonchev–Trinajstić information content (AvgIpc) is 3.09. The van der Waals surface area contributed by atoms with Gasteiger partial charge < -0.3 is 9.84 Å². The molecule has 0 aliphatic heterocycles. The van der Waals surface area contributed by atoms with Crippen LogP contribution in [0, 0.1) is 0 Å². The molecule has 3 rings (SSSR count). The number of benzene rings is 1. The van der Waals surface area contributed by atoms with Crippen molar-refractivity contribution in [2.24, 2.45) is 0 Å². The second-order valence-corrected chi connectivity index (χ2v) is 5.59. The first-order chi connectivity index (χ1) is 12.4. The van der Waals surface area contributed by atoms with Crippen LogP contribution in [0.2, 0.25) is 5.02 Å². The summed E-state index contributed by atoms with van der Waals surface area (Å²) in [7, 11) is 0. The predicted molar refractivity (Wildman–Crippen MR) is 85.9 cm³/mol. The van der Waals surface area contributed by atoms with Crippen LogP contribution in [0.15, 0.2) is 43.1 Å². The lowest BCUT2D eigenvalue weighted by Gasteiger charge is -2.15. The van der Waals surface area contributed by atoms with Crippen LogP contribution in [-0.2, 0) is 19.4 Å². The van der Waals surface area contributed by atoms with Gasteiger partial charge in [-0.15, -0.1) is 0 Å². The molecule has 0 unspecified atom stereocenters. The van der Waals surface area contributed by atoms with Gasteiger partial charge in [-0.1, -0.05) is 17.7 Å². The lowest BCUT2D eigenvalue weighted by molar-refractivity contribution is -0.138. The van der Waals surface area contributed by atoms with Crippen molar-refractivity contribution in [1.29, 1.82) is 0 Å². The molecule has 0 amide bonds. The molecule has 0 saturated carbocycles. The minimum Gasteiger partial charge on any atom is -0.486 e. The number of aromatic nitrogens is 4. The number of aliphatic hydroxyl groups is 1. The molecule has 26 heavy (non-hydrogen) atoms. The van der Waals surface area contributed by atoms with E-state index in [2.05, 4.69) is 15.0 Å². The second-order valence-electron chi connectivity index (χ2n) is 5.18. The molecule has 1 N–H and O–H groups in total. The molecular formula is C16H12ClF3N4O2. The van der Waals surface area contributed by atoms with Gasteiger partial charge in [-0.3, -0.25) is 4.57 Å². The third kappa shape index (κ3) is 3.78. The number of hydrogen-bond donors (Lipinski definition) is 1. The van der Waals surface area contributed by atoms with Crippen LogP contribution in [0.1, 0.15) is 16.8 Å². The minimum absolute atomic E-state index is 0.0385. The lowest BCUT2D eigenvalue weighted by Crippen LogP contribution is -2.11. The van der Waals surface area contributed by atoms with E-state index in [1.807, 2.05) is 0 Å². The normalized spacial score (nSPS) is 11.6. The molecule has 0 atom stereocenters. The standard InChI is InChI=1S/C16H12ClF3N4O2/c17-14-3-1-2-13(16(18,19)20)12(14)8-26-11-5-22-15(23-6-11)24-9-21-4-10(24)7-25/h1-6,9,25H,7-8H2. The summed E-state index contributed by atoms with van der Waals surface area (Å²) in [5, 5.41) is 9.17. The van der Waals surface area contributed by atoms with E-state index in [0.717, 1.165) is 6.07 Å². The van der Waals surface area contributed by atoms with Gasteiger partial charge in [0.2, 0.25) is 5.95 Å². The summed E-state index contributed by atoms with van der Waals surface area (Å²) in [4.78, 5) is 12.0. The summed E-state index contributed by atoms with van der Waals surface area (Å²) in [5.74, 6) is 0.417. The molecule has 2 heterocycles. The third-order valence-electron chi connectivity index (χ3n) is 3.51. The van der Waals surface area contributed by atoms with Crippen LogP contribution in [0.5, 0.6) is 5.75 Å². The Hall–Kier alpha value is -2.65. The zero-order valence-electron chi connectivity index (χ0n) is 13.1. The van der Waals surface area contributed by atoms with Crippen molar-refractivity contribution in [2.75, 3.05) is 0 Å². The highest BCUT2D eigenvalue weighted by atomic mass is 35.5. The van der Waals surface area contributed by atoms with E-state index in [1.54, 1.807) is 0 Å². The second kappa shape index (κ2) is 7.30. The van der Waals surface area contributed by atoms with Crippen molar-refractivity contribution in [1.82, 2.24) is 19.5 Å². The zero-order chi connectivity index (χ0) is 18.7. The van der Waals surface area contributed by atoms with Gasteiger partial charge in [0, 0.05) is 10.6 Å². The van der Waals surface area contributed by atoms with Crippen molar-refractivity contribution in [3.63, 3.8) is 0 Å². The first-order valence-electron chi connectivity index (χ1n) is 7.32. The van der Waals surface area contributed by atoms with Crippen LogP contribution in [-0.4, -0.2) is 24.6 Å². The summed E-state index contributed by atoms with van der Waals surface area (Å²) >= 11 is 5.88. The van der Waals surface area contributed by atoms with Crippen LogP contribution in [0.4, 0.5) is 13.2 Å². The van der Waals surface area contributed by atoms with Crippen molar-refractivity contribution in [2.45, 2.75) is 19.4 Å². The van der Waals surface area contributed by atoms with E-state index in [4.69, 9.17) is 16.3 Å². The summed E-state index contributed by atoms with van der Waals surface area (Å²) in [6.07, 6.45) is 0.984. The maximum Gasteiger partial charge on any atom is 0.416 e. The summed E-state index contributed by atoms with van der Waals surface area (Å²) < 4.78 is 46.0. The molecule has 0 aliphatic carbocycles. The molecule has 0 saturated heterocycles. The summed E-state index contributed by atoms with van der Waals surface area (Å²) in [5.41, 5.74) is -0.527. The fraction of sp³-hybridized carbons (Fsp3) is 0.188. The number of alkyl halides is 3. The summed E-state index contributed by atoms with van der Waals surface area (Å²) in [6.45, 7) is -0.626. The van der Waals surface area contributed by atoms with Crippen molar-refractivity contribution in [3.8, 4) is 11.7 Å². The maximum atomic E-state index is 13.1. The van der Waals surface area contributed by atoms with Gasteiger partial charge in [0.05, 0.1) is 36.5 Å². The fourth-order valence-corrected chi connectivity index (χ4v) is 2.48. The van der Waals surface area contributed by atoms with Crippen LogP contribution in [0.3, 0.4) is 0 Å². The van der Waals surface area contributed by atoms with Crippen molar-refractivity contribution >= 4 is 11.6 Å². The summed E-state index contributed by atoms with van der Waals surface area (Å²) in [6, 6.07) is 3.54. The first-order valence-corrected chi connectivity index (χ1v) is 7.70. The average molecular weight is 385 g/mol. The number of aliphatic hydroxyl groups excluding tert-OH is 1. The molecule has 0 fully saturated rings. The number of hydrogen-bond acceptors (Lipinski definition) is 5. The highest BCUT2D eigenvalue weighted by Crippen LogP contribution is 2.35. The Morgan fingerprint density at radius 2 is 1.88 bits per heavy atom. The predicted octanol–water partition coefficient (Wildman–Crippen LogP) is 3.41. The van der Waals surface area contributed by atoms with E-state index < -0.39 is 11.7 Å². The Kier molecular flexibility index (Phi) is 5.10. The molecule has 10 heteroatoms. The molecule has 0 aliphatic rings. The molecule has 6 nitrogen and oxygen atoms in total. The van der Waals surface area contributed by atoms with E-state index in [-0.39, 0.29) is 35.5 Å². The monoisotopic (exact) mass is 384 g/mol. The van der Waals surface area contributed by atoms with Gasteiger partial charge in [0.25, 0.3) is 0 Å². The van der Waals surface area contributed by atoms with E-state index in [0.29, 0.717) is 5.69 Å². The van der Waals surface area contributed by atoms with Crippen LogP contribution in [0.25, 0.3) is 5.95 Å². The Labute approximate surface area is 150 Å². The molecular weight excluding hydrogens is 373 g/mol. The van der Waals surface area contributed by atoms with Gasteiger partial charge in [0.1, 0.15) is 12.9 Å². The van der Waals surface area contributed by atoms with E-state index in [9.17, 15) is 18.3 Å². The Bertz CT molecular complexity index is 897. The van der Waals surface area contributed by atoms with Gasteiger partial charge in [0.15, 0.2) is 5.75 Å². The molecule has 0 radical (unpaired) electrons. The number of imidazole rings is 1. The Morgan fingerprint density at radius 3 is 2.54 bits per heavy atom. The van der Waals surface area contributed by atoms with Gasteiger partial charge >= 0.3 is 6.18 Å². The first kappa shape index (κ1) is 18.2. The Balaban J connectivity index is 1.78.